The maximum absolute atomic E-state index is 13.4. The maximum atomic E-state index is 13.4. The lowest BCUT2D eigenvalue weighted by atomic mass is 10.0. The molecule has 0 radical (unpaired) electrons. The Bertz CT molecular complexity index is 1090. The number of amides is 1. The second-order valence-corrected chi connectivity index (χ2v) is 8.57. The summed E-state index contributed by atoms with van der Waals surface area (Å²) in [7, 11) is 0. The Labute approximate surface area is 182 Å². The van der Waals surface area contributed by atoms with Gasteiger partial charge in [0.1, 0.15) is 17.2 Å². The van der Waals surface area contributed by atoms with E-state index in [1.165, 1.54) is 16.7 Å². The highest BCUT2D eigenvalue weighted by molar-refractivity contribution is 7.99. The van der Waals surface area contributed by atoms with Crippen molar-refractivity contribution in [3.63, 3.8) is 0 Å². The van der Waals surface area contributed by atoms with Crippen LogP contribution in [-0.4, -0.2) is 38.8 Å². The summed E-state index contributed by atoms with van der Waals surface area (Å²) in [5, 5.41) is 13.7. The van der Waals surface area contributed by atoms with E-state index >= 15 is 0 Å². The SMILES string of the molecule is Cc1noc(C)c1-c1ccc(C(=O)N2[C@@H](c3ccccc3Cl)SC[C@H]2C(=O)O)cc1. The van der Waals surface area contributed by atoms with E-state index in [0.29, 0.717) is 22.1 Å². The molecule has 1 aromatic heterocycles. The molecule has 1 N–H and O–H groups in total. The third kappa shape index (κ3) is 3.59. The first-order valence-corrected chi connectivity index (χ1v) is 10.8. The minimum Gasteiger partial charge on any atom is -0.480 e. The van der Waals surface area contributed by atoms with Crippen molar-refractivity contribution in [2.24, 2.45) is 0 Å². The number of aryl methyl sites for hydroxylation is 2. The summed E-state index contributed by atoms with van der Waals surface area (Å²) in [4.78, 5) is 26.6. The highest BCUT2D eigenvalue weighted by Crippen LogP contribution is 2.44. The zero-order chi connectivity index (χ0) is 21.4. The minimum atomic E-state index is -1.03. The molecule has 1 fully saturated rings. The average Bonchev–Trinajstić information content (AvgIpc) is 3.31. The number of aromatic nitrogens is 1. The van der Waals surface area contributed by atoms with Crippen LogP contribution in [0.5, 0.6) is 0 Å². The van der Waals surface area contributed by atoms with Crippen LogP contribution in [0.15, 0.2) is 53.1 Å². The Morgan fingerprint density at radius 2 is 1.87 bits per heavy atom. The lowest BCUT2D eigenvalue weighted by Crippen LogP contribution is -2.43. The van der Waals surface area contributed by atoms with Gasteiger partial charge in [0, 0.05) is 27.5 Å². The molecule has 1 aliphatic rings. The molecule has 0 bridgehead atoms. The number of thioether (sulfide) groups is 1. The molecule has 8 heteroatoms. The quantitative estimate of drug-likeness (QED) is 0.615. The number of halogens is 1. The molecule has 1 aliphatic heterocycles. The number of rotatable bonds is 4. The van der Waals surface area contributed by atoms with Crippen molar-refractivity contribution < 1.29 is 19.2 Å². The molecule has 2 aromatic carbocycles. The van der Waals surface area contributed by atoms with Crippen molar-refractivity contribution in [1.82, 2.24) is 10.1 Å². The van der Waals surface area contributed by atoms with Crippen molar-refractivity contribution in [3.8, 4) is 11.1 Å². The van der Waals surface area contributed by atoms with Gasteiger partial charge in [0.05, 0.1) is 5.69 Å². The van der Waals surface area contributed by atoms with E-state index in [-0.39, 0.29) is 5.91 Å². The van der Waals surface area contributed by atoms with Gasteiger partial charge in [0.25, 0.3) is 5.91 Å². The fourth-order valence-electron chi connectivity index (χ4n) is 3.68. The van der Waals surface area contributed by atoms with Crippen molar-refractivity contribution in [1.29, 1.82) is 0 Å². The summed E-state index contributed by atoms with van der Waals surface area (Å²) in [5.74, 6) is -0.374. The predicted octanol–water partition coefficient (Wildman–Crippen LogP) is 4.95. The van der Waals surface area contributed by atoms with Crippen molar-refractivity contribution in [2.75, 3.05) is 5.75 Å². The standard InChI is InChI=1S/C22H19ClN2O4S/c1-12-19(13(2)29-24-12)14-7-9-15(10-8-14)20(26)25-18(22(27)28)11-30-21(25)16-5-3-4-6-17(16)23/h3-10,18,21H,11H2,1-2H3,(H,27,28)/t18-,21+/m0/s1. The molecule has 2 heterocycles. The Kier molecular flexibility index (Phi) is 5.58. The molecule has 4 rings (SSSR count). The summed E-state index contributed by atoms with van der Waals surface area (Å²) < 4.78 is 5.22. The fraction of sp³-hybridized carbons (Fsp3) is 0.227. The molecule has 3 aromatic rings. The first-order chi connectivity index (χ1) is 14.4. The van der Waals surface area contributed by atoms with Crippen LogP contribution in [0.1, 0.15) is 32.7 Å². The van der Waals surface area contributed by atoms with Crippen molar-refractivity contribution in [3.05, 3.63) is 76.1 Å². The van der Waals surface area contributed by atoms with Gasteiger partial charge < -0.3 is 14.5 Å². The smallest absolute Gasteiger partial charge is 0.327 e. The normalized spacial score (nSPS) is 18.6. The van der Waals surface area contributed by atoms with E-state index in [4.69, 9.17) is 16.1 Å². The van der Waals surface area contributed by atoms with Crippen LogP contribution in [0.4, 0.5) is 0 Å². The number of carboxylic acids is 1. The summed E-state index contributed by atoms with van der Waals surface area (Å²) in [6.07, 6.45) is 0. The van der Waals surface area contributed by atoms with E-state index in [1.807, 2.05) is 38.1 Å². The van der Waals surface area contributed by atoms with Crippen LogP contribution in [0.2, 0.25) is 5.02 Å². The lowest BCUT2D eigenvalue weighted by Gasteiger charge is -2.28. The number of benzene rings is 2. The Balaban J connectivity index is 1.68. The van der Waals surface area contributed by atoms with Gasteiger partial charge in [-0.3, -0.25) is 4.79 Å². The van der Waals surface area contributed by atoms with Crippen LogP contribution >= 0.6 is 23.4 Å². The molecule has 0 unspecified atom stereocenters. The van der Waals surface area contributed by atoms with Gasteiger partial charge in [-0.2, -0.15) is 0 Å². The molecule has 6 nitrogen and oxygen atoms in total. The maximum Gasteiger partial charge on any atom is 0.327 e. The second kappa shape index (κ2) is 8.16. The monoisotopic (exact) mass is 442 g/mol. The highest BCUT2D eigenvalue weighted by atomic mass is 35.5. The molecule has 154 valence electrons. The summed E-state index contributed by atoms with van der Waals surface area (Å²) >= 11 is 7.74. The molecule has 0 saturated carbocycles. The summed E-state index contributed by atoms with van der Waals surface area (Å²) in [5.41, 5.74) is 3.69. The first-order valence-electron chi connectivity index (χ1n) is 9.33. The first kappa shape index (κ1) is 20.5. The van der Waals surface area contributed by atoms with Crippen LogP contribution < -0.4 is 0 Å². The van der Waals surface area contributed by atoms with Gasteiger partial charge in [-0.05, 0) is 37.6 Å². The van der Waals surface area contributed by atoms with Crippen LogP contribution in [0.3, 0.4) is 0 Å². The molecule has 0 spiro atoms. The molecular weight excluding hydrogens is 424 g/mol. The van der Waals surface area contributed by atoms with E-state index < -0.39 is 17.4 Å². The molecule has 2 atom stereocenters. The number of carbonyl (C=O) groups excluding carboxylic acids is 1. The Morgan fingerprint density at radius 3 is 2.47 bits per heavy atom. The lowest BCUT2D eigenvalue weighted by molar-refractivity contribution is -0.141. The minimum absolute atomic E-state index is 0.300. The van der Waals surface area contributed by atoms with Crippen molar-refractivity contribution >= 4 is 35.2 Å². The fourth-order valence-corrected chi connectivity index (χ4v) is 5.44. The van der Waals surface area contributed by atoms with E-state index in [0.717, 1.165) is 22.4 Å². The summed E-state index contributed by atoms with van der Waals surface area (Å²) in [6, 6.07) is 13.3. The topological polar surface area (TPSA) is 83.6 Å². The van der Waals surface area contributed by atoms with Gasteiger partial charge >= 0.3 is 5.97 Å². The Morgan fingerprint density at radius 1 is 1.17 bits per heavy atom. The van der Waals surface area contributed by atoms with Crippen LogP contribution in [0.25, 0.3) is 11.1 Å². The van der Waals surface area contributed by atoms with Crippen LogP contribution in [0, 0.1) is 13.8 Å². The van der Waals surface area contributed by atoms with Crippen LogP contribution in [-0.2, 0) is 4.79 Å². The van der Waals surface area contributed by atoms with Crippen molar-refractivity contribution in [2.45, 2.75) is 25.3 Å². The van der Waals surface area contributed by atoms with Gasteiger partial charge in [0.2, 0.25) is 0 Å². The highest BCUT2D eigenvalue weighted by Gasteiger charge is 2.43. The molecule has 1 amide bonds. The van der Waals surface area contributed by atoms with Gasteiger partial charge in [-0.25, -0.2) is 4.79 Å². The summed E-state index contributed by atoms with van der Waals surface area (Å²) in [6.45, 7) is 3.69. The average molecular weight is 443 g/mol. The number of aliphatic carboxylic acids is 1. The number of hydrogen-bond acceptors (Lipinski definition) is 5. The number of carboxylic acid groups (broad SMARTS) is 1. The second-order valence-electron chi connectivity index (χ2n) is 7.05. The largest absolute Gasteiger partial charge is 0.480 e. The van der Waals surface area contributed by atoms with Gasteiger partial charge in [0.15, 0.2) is 0 Å². The van der Waals surface area contributed by atoms with Gasteiger partial charge in [-0.1, -0.05) is 47.1 Å². The van der Waals surface area contributed by atoms with Gasteiger partial charge in [-0.15, -0.1) is 11.8 Å². The van der Waals surface area contributed by atoms with E-state index in [9.17, 15) is 14.7 Å². The molecule has 30 heavy (non-hydrogen) atoms. The zero-order valence-electron chi connectivity index (χ0n) is 16.3. The number of carbonyl (C=O) groups is 2. The Hall–Kier alpha value is -2.77. The molecule has 0 aliphatic carbocycles. The van der Waals surface area contributed by atoms with E-state index in [2.05, 4.69) is 5.16 Å². The molecule has 1 saturated heterocycles. The number of hydrogen-bond donors (Lipinski definition) is 1. The third-order valence-corrected chi connectivity index (χ3v) is 6.79. The predicted molar refractivity (Wildman–Crippen MR) is 116 cm³/mol. The van der Waals surface area contributed by atoms with E-state index in [1.54, 1.807) is 24.3 Å². The zero-order valence-corrected chi connectivity index (χ0v) is 17.9. The third-order valence-electron chi connectivity index (χ3n) is 5.15. The number of nitrogens with zero attached hydrogens (tertiary/aromatic N) is 2. The molecular formula is C22H19ClN2O4S.